The first-order valence-electron chi connectivity index (χ1n) is 5.85. The Labute approximate surface area is 101 Å². The molecule has 0 aromatic carbocycles. The topological polar surface area (TPSA) is 57.3 Å². The molecule has 0 radical (unpaired) electrons. The Balaban J connectivity index is 2.09. The summed E-state index contributed by atoms with van der Waals surface area (Å²) in [5.41, 5.74) is 0.760. The second kappa shape index (κ2) is 5.14. The maximum Gasteiger partial charge on any atom is 0.241 e. The van der Waals surface area contributed by atoms with Gasteiger partial charge in [-0.05, 0) is 31.5 Å². The summed E-state index contributed by atoms with van der Waals surface area (Å²) >= 11 is 0. The zero-order valence-corrected chi connectivity index (χ0v) is 10.2. The van der Waals surface area contributed by atoms with Crippen LogP contribution in [0.15, 0.2) is 18.3 Å². The summed E-state index contributed by atoms with van der Waals surface area (Å²) in [6.45, 7) is 0.922. The third kappa shape index (κ3) is 2.74. The number of aromatic nitrogens is 1. The van der Waals surface area contributed by atoms with Crippen molar-refractivity contribution >= 4 is 17.4 Å². The van der Waals surface area contributed by atoms with Crippen LogP contribution in [0.5, 0.6) is 0 Å². The van der Waals surface area contributed by atoms with Gasteiger partial charge in [0.05, 0.1) is 11.7 Å². The molecule has 1 aromatic heterocycles. The van der Waals surface area contributed by atoms with E-state index in [1.54, 1.807) is 6.20 Å². The average molecular weight is 234 g/mol. The minimum atomic E-state index is -0.0646. The number of carbonyl (C=O) groups excluding carboxylic acids is 1. The minimum absolute atomic E-state index is 0.0265. The second-order valence-corrected chi connectivity index (χ2v) is 4.41. The van der Waals surface area contributed by atoms with Gasteiger partial charge in [0.1, 0.15) is 0 Å². The van der Waals surface area contributed by atoms with Gasteiger partial charge in [-0.2, -0.15) is 0 Å². The third-order valence-corrected chi connectivity index (χ3v) is 2.84. The van der Waals surface area contributed by atoms with E-state index in [9.17, 15) is 4.79 Å². The monoisotopic (exact) mass is 234 g/mol. The molecule has 92 valence electrons. The van der Waals surface area contributed by atoms with Gasteiger partial charge in [-0.15, -0.1) is 0 Å². The number of nitrogens with one attached hydrogen (secondary N) is 2. The Hall–Kier alpha value is -1.62. The number of pyridine rings is 1. The van der Waals surface area contributed by atoms with Crippen molar-refractivity contribution in [1.82, 2.24) is 10.3 Å². The fourth-order valence-corrected chi connectivity index (χ4v) is 1.98. The molecule has 0 saturated carbocycles. The highest BCUT2D eigenvalue weighted by atomic mass is 16.2. The average Bonchev–Trinajstić information content (AvgIpc) is 2.83. The Morgan fingerprint density at radius 1 is 1.59 bits per heavy atom. The maximum atomic E-state index is 12.0. The molecule has 1 aliphatic heterocycles. The third-order valence-electron chi connectivity index (χ3n) is 2.84. The maximum absolute atomic E-state index is 12.0. The number of rotatable bonds is 3. The van der Waals surface area contributed by atoms with Crippen LogP contribution in [-0.2, 0) is 4.79 Å². The lowest BCUT2D eigenvalue weighted by Crippen LogP contribution is -2.35. The number of amides is 1. The van der Waals surface area contributed by atoms with Gasteiger partial charge in [-0.25, -0.2) is 4.98 Å². The molecular formula is C12H18N4O. The molecule has 2 N–H and O–H groups in total. The lowest BCUT2D eigenvalue weighted by atomic mass is 10.2. The van der Waals surface area contributed by atoms with Crippen molar-refractivity contribution in [1.29, 1.82) is 0 Å². The zero-order valence-electron chi connectivity index (χ0n) is 10.2. The molecule has 17 heavy (non-hydrogen) atoms. The SMILES string of the molecule is CN(C)c1ncccc1NC(=O)[C@@H]1CCCN1. The molecule has 1 amide bonds. The van der Waals surface area contributed by atoms with Crippen LogP contribution in [0.1, 0.15) is 12.8 Å². The highest BCUT2D eigenvalue weighted by Gasteiger charge is 2.22. The summed E-state index contributed by atoms with van der Waals surface area (Å²) in [6.07, 6.45) is 3.69. The van der Waals surface area contributed by atoms with Crippen molar-refractivity contribution in [2.45, 2.75) is 18.9 Å². The van der Waals surface area contributed by atoms with Crippen LogP contribution in [0.4, 0.5) is 11.5 Å². The van der Waals surface area contributed by atoms with Gasteiger partial charge >= 0.3 is 0 Å². The van der Waals surface area contributed by atoms with E-state index in [1.165, 1.54) is 0 Å². The Morgan fingerprint density at radius 3 is 3.06 bits per heavy atom. The summed E-state index contributed by atoms with van der Waals surface area (Å²) in [7, 11) is 3.82. The molecule has 2 rings (SSSR count). The van der Waals surface area contributed by atoms with Gasteiger partial charge < -0.3 is 15.5 Å². The number of nitrogens with zero attached hydrogens (tertiary/aromatic N) is 2. The van der Waals surface area contributed by atoms with Crippen LogP contribution in [0.25, 0.3) is 0 Å². The molecule has 1 aliphatic rings. The summed E-state index contributed by atoms with van der Waals surface area (Å²) in [5.74, 6) is 0.803. The van der Waals surface area contributed by atoms with E-state index in [-0.39, 0.29) is 11.9 Å². The first kappa shape index (κ1) is 11.9. The smallest absolute Gasteiger partial charge is 0.241 e. The van der Waals surface area contributed by atoms with Crippen LogP contribution >= 0.6 is 0 Å². The number of hydrogen-bond acceptors (Lipinski definition) is 4. The number of hydrogen-bond donors (Lipinski definition) is 2. The van der Waals surface area contributed by atoms with E-state index in [4.69, 9.17) is 0 Å². The lowest BCUT2D eigenvalue weighted by molar-refractivity contribution is -0.117. The molecule has 1 aromatic rings. The molecule has 5 nitrogen and oxygen atoms in total. The van der Waals surface area contributed by atoms with E-state index in [0.717, 1.165) is 30.9 Å². The van der Waals surface area contributed by atoms with Crippen LogP contribution in [-0.4, -0.2) is 37.6 Å². The van der Waals surface area contributed by atoms with Crippen LogP contribution in [0, 0.1) is 0 Å². The Kier molecular flexibility index (Phi) is 3.58. The molecule has 2 heterocycles. The van der Waals surface area contributed by atoms with E-state index in [2.05, 4.69) is 15.6 Å². The molecule has 0 bridgehead atoms. The molecule has 1 saturated heterocycles. The summed E-state index contributed by atoms with van der Waals surface area (Å²) in [4.78, 5) is 18.1. The zero-order chi connectivity index (χ0) is 12.3. The van der Waals surface area contributed by atoms with Crippen molar-refractivity contribution in [3.05, 3.63) is 18.3 Å². The first-order chi connectivity index (χ1) is 8.18. The van der Waals surface area contributed by atoms with Crippen molar-refractivity contribution < 1.29 is 4.79 Å². The fourth-order valence-electron chi connectivity index (χ4n) is 1.98. The predicted octanol–water partition coefficient (Wildman–Crippen LogP) is 0.838. The number of anilines is 2. The molecule has 0 aliphatic carbocycles. The second-order valence-electron chi connectivity index (χ2n) is 4.41. The molecule has 1 fully saturated rings. The van der Waals surface area contributed by atoms with E-state index in [0.29, 0.717) is 0 Å². The van der Waals surface area contributed by atoms with Crippen molar-refractivity contribution in [2.24, 2.45) is 0 Å². The minimum Gasteiger partial charge on any atom is -0.361 e. The van der Waals surface area contributed by atoms with Crippen LogP contribution < -0.4 is 15.5 Å². The van der Waals surface area contributed by atoms with Crippen molar-refractivity contribution in [2.75, 3.05) is 30.9 Å². The lowest BCUT2D eigenvalue weighted by Gasteiger charge is -2.17. The van der Waals surface area contributed by atoms with E-state index in [1.807, 2.05) is 31.1 Å². The van der Waals surface area contributed by atoms with Gasteiger partial charge in [0.15, 0.2) is 5.82 Å². The first-order valence-corrected chi connectivity index (χ1v) is 5.85. The van der Waals surface area contributed by atoms with E-state index >= 15 is 0 Å². The molecular weight excluding hydrogens is 216 g/mol. The molecule has 1 atom stereocenters. The van der Waals surface area contributed by atoms with Crippen LogP contribution in [0.3, 0.4) is 0 Å². The summed E-state index contributed by atoms with van der Waals surface area (Å²) < 4.78 is 0. The number of carbonyl (C=O) groups is 1. The van der Waals surface area contributed by atoms with Gasteiger partial charge in [-0.1, -0.05) is 0 Å². The van der Waals surface area contributed by atoms with Gasteiger partial charge in [-0.3, -0.25) is 4.79 Å². The molecule has 5 heteroatoms. The van der Waals surface area contributed by atoms with E-state index < -0.39 is 0 Å². The molecule has 0 spiro atoms. The fraction of sp³-hybridized carbons (Fsp3) is 0.500. The van der Waals surface area contributed by atoms with Crippen LogP contribution in [0.2, 0.25) is 0 Å². The predicted molar refractivity (Wildman–Crippen MR) is 68.2 cm³/mol. The molecule has 0 unspecified atom stereocenters. The Morgan fingerprint density at radius 2 is 2.41 bits per heavy atom. The highest BCUT2D eigenvalue weighted by Crippen LogP contribution is 2.21. The summed E-state index contributed by atoms with van der Waals surface area (Å²) in [6, 6.07) is 3.63. The highest BCUT2D eigenvalue weighted by molar-refractivity contribution is 5.97. The van der Waals surface area contributed by atoms with Gasteiger partial charge in [0.25, 0.3) is 0 Å². The standard InChI is InChI=1S/C12H18N4O/c1-16(2)11-9(5-3-8-14-11)15-12(17)10-6-4-7-13-10/h3,5,8,10,13H,4,6-7H2,1-2H3,(H,15,17)/t10-/m0/s1. The Bertz CT molecular complexity index is 399. The normalized spacial score (nSPS) is 19.1. The van der Waals surface area contributed by atoms with Crippen molar-refractivity contribution in [3.8, 4) is 0 Å². The van der Waals surface area contributed by atoms with Gasteiger partial charge in [0, 0.05) is 20.3 Å². The summed E-state index contributed by atoms with van der Waals surface area (Å²) in [5, 5.41) is 6.11. The van der Waals surface area contributed by atoms with Gasteiger partial charge in [0.2, 0.25) is 5.91 Å². The quantitative estimate of drug-likeness (QED) is 0.813. The van der Waals surface area contributed by atoms with Crippen molar-refractivity contribution in [3.63, 3.8) is 0 Å². The largest absolute Gasteiger partial charge is 0.361 e.